The van der Waals surface area contributed by atoms with Crippen LogP contribution in [0.3, 0.4) is 0 Å². The number of nitrogens with one attached hydrogen (secondary N) is 2. The molecule has 37 heavy (non-hydrogen) atoms. The highest BCUT2D eigenvalue weighted by atomic mass is 35.5. The van der Waals surface area contributed by atoms with Crippen LogP contribution in [0.1, 0.15) is 50.0 Å². The summed E-state index contributed by atoms with van der Waals surface area (Å²) >= 11 is 6.88. The number of rotatable bonds is 12. The van der Waals surface area contributed by atoms with Crippen LogP contribution in [0.4, 0.5) is 0 Å². The topological polar surface area (TPSA) is 119 Å². The van der Waals surface area contributed by atoms with Crippen molar-refractivity contribution in [1.29, 1.82) is 0 Å². The molecule has 1 aromatic carbocycles. The van der Waals surface area contributed by atoms with Crippen molar-refractivity contribution in [3.05, 3.63) is 28.9 Å². The van der Waals surface area contributed by atoms with Gasteiger partial charge in [-0.3, -0.25) is 14.3 Å². The number of ether oxygens (including phenoxy) is 2. The zero-order chi connectivity index (χ0) is 27.2. The summed E-state index contributed by atoms with van der Waals surface area (Å²) in [6.45, 7) is 6.22. The minimum Gasteiger partial charge on any atom is -0.482 e. The Balaban J connectivity index is 2.05. The van der Waals surface area contributed by atoms with E-state index in [1.165, 1.54) is 0 Å². The van der Waals surface area contributed by atoms with E-state index in [1.54, 1.807) is 19.2 Å². The molecule has 1 aromatic heterocycles. The molecule has 10 nitrogen and oxygen atoms in total. The van der Waals surface area contributed by atoms with Crippen LogP contribution in [-0.4, -0.2) is 81.5 Å². The third-order valence-corrected chi connectivity index (χ3v) is 7.26. The molecule has 0 spiro atoms. The van der Waals surface area contributed by atoms with Crippen molar-refractivity contribution in [3.8, 4) is 5.75 Å². The molecule has 2 amide bonds. The Morgan fingerprint density at radius 3 is 2.68 bits per heavy atom. The number of carbonyl (C=O) groups excluding carboxylic acids is 2. The van der Waals surface area contributed by atoms with Gasteiger partial charge in [0, 0.05) is 44.3 Å². The molecule has 12 heteroatoms. The molecule has 1 fully saturated rings. The summed E-state index contributed by atoms with van der Waals surface area (Å²) < 4.78 is 37.5. The molecular weight excluding hydrogens is 520 g/mol. The van der Waals surface area contributed by atoms with Gasteiger partial charge >= 0.3 is 0 Å². The van der Waals surface area contributed by atoms with E-state index in [4.69, 9.17) is 21.1 Å². The fraction of sp³-hybridized carbons (Fsp3) is 0.600. The van der Waals surface area contributed by atoms with Crippen molar-refractivity contribution < 1.29 is 27.5 Å². The molecule has 3 rings (SSSR count). The van der Waals surface area contributed by atoms with Gasteiger partial charge in [-0.2, -0.15) is 0 Å². The average molecular weight is 557 g/mol. The van der Waals surface area contributed by atoms with Crippen LogP contribution < -0.4 is 14.8 Å². The SMILES string of the molecule is COCCCCn1c(C(=O)N(C(C)C)[C@@H]2CCCNC2)c(Cl)c2cccc(OCC(=O)NS(C)(=O)=O)c21. The van der Waals surface area contributed by atoms with Crippen LogP contribution in [0, 0.1) is 0 Å². The molecule has 0 unspecified atom stereocenters. The molecule has 0 saturated carbocycles. The number of nitrogens with zero attached hydrogens (tertiary/aromatic N) is 2. The highest BCUT2D eigenvalue weighted by molar-refractivity contribution is 7.89. The van der Waals surface area contributed by atoms with Crippen LogP contribution in [0.2, 0.25) is 5.02 Å². The minimum atomic E-state index is -3.71. The summed E-state index contributed by atoms with van der Waals surface area (Å²) in [6.07, 6.45) is 4.30. The zero-order valence-electron chi connectivity index (χ0n) is 21.9. The Morgan fingerprint density at radius 1 is 1.30 bits per heavy atom. The maximum absolute atomic E-state index is 14.1. The van der Waals surface area contributed by atoms with E-state index in [0.29, 0.717) is 40.5 Å². The molecule has 1 aliphatic rings. The largest absolute Gasteiger partial charge is 0.482 e. The molecule has 2 heterocycles. The monoisotopic (exact) mass is 556 g/mol. The normalized spacial score (nSPS) is 16.2. The van der Waals surface area contributed by atoms with Crippen LogP contribution >= 0.6 is 11.6 Å². The van der Waals surface area contributed by atoms with E-state index in [0.717, 1.165) is 45.0 Å². The Bertz CT molecular complexity index is 1210. The Morgan fingerprint density at radius 2 is 2.05 bits per heavy atom. The van der Waals surface area contributed by atoms with E-state index in [2.05, 4.69) is 5.32 Å². The minimum absolute atomic E-state index is 0.0381. The van der Waals surface area contributed by atoms with Crippen molar-refractivity contribution in [1.82, 2.24) is 19.5 Å². The molecule has 1 saturated heterocycles. The molecule has 0 aliphatic carbocycles. The lowest BCUT2D eigenvalue weighted by atomic mass is 10.0. The predicted octanol–water partition coefficient (Wildman–Crippen LogP) is 2.78. The van der Waals surface area contributed by atoms with Crippen LogP contribution in [0.25, 0.3) is 10.9 Å². The van der Waals surface area contributed by atoms with Gasteiger partial charge in [0.2, 0.25) is 10.0 Å². The summed E-state index contributed by atoms with van der Waals surface area (Å²) in [6, 6.07) is 5.23. The van der Waals surface area contributed by atoms with Gasteiger partial charge in [-0.05, 0) is 52.1 Å². The number of aromatic nitrogens is 1. The number of methoxy groups -OCH3 is 1. The number of sulfonamides is 1. The Hall–Kier alpha value is -2.34. The molecule has 1 aliphatic heterocycles. The van der Waals surface area contributed by atoms with Gasteiger partial charge in [0.1, 0.15) is 11.4 Å². The van der Waals surface area contributed by atoms with Gasteiger partial charge in [0.15, 0.2) is 6.61 Å². The highest BCUT2D eigenvalue weighted by Crippen LogP contribution is 2.38. The lowest BCUT2D eigenvalue weighted by molar-refractivity contribution is -0.121. The van der Waals surface area contributed by atoms with Crippen molar-refractivity contribution in [2.75, 3.05) is 39.7 Å². The number of unbranched alkanes of at least 4 members (excludes halogenated alkanes) is 1. The van der Waals surface area contributed by atoms with Crippen molar-refractivity contribution >= 4 is 44.3 Å². The fourth-order valence-electron chi connectivity index (χ4n) is 4.80. The number of piperidine rings is 1. The first kappa shape index (κ1) is 29.2. The number of amides is 2. The van der Waals surface area contributed by atoms with Gasteiger partial charge in [0.25, 0.3) is 11.8 Å². The fourth-order valence-corrected chi connectivity index (χ4v) is 5.60. The second-order valence-corrected chi connectivity index (χ2v) is 11.7. The molecule has 0 bridgehead atoms. The summed E-state index contributed by atoms with van der Waals surface area (Å²) in [4.78, 5) is 28.1. The standard InChI is InChI=1S/C25H37ClN4O6S/c1-17(2)30(18-9-8-12-27-15-18)25(32)24-22(26)19-10-7-11-20(36-16-21(31)28-37(4,33)34)23(19)29(24)13-5-6-14-35-3/h7,10-11,17-18,27H,5-6,8-9,12-16H2,1-4H3,(H,28,31)/t18-/m1/s1. The maximum atomic E-state index is 14.1. The summed E-state index contributed by atoms with van der Waals surface area (Å²) in [5.41, 5.74) is 0.968. The number of aryl methyl sites for hydroxylation is 1. The smallest absolute Gasteiger partial charge is 0.272 e. The first-order chi connectivity index (χ1) is 17.5. The maximum Gasteiger partial charge on any atom is 0.272 e. The summed E-state index contributed by atoms with van der Waals surface area (Å²) in [5.74, 6) is -0.613. The van der Waals surface area contributed by atoms with Gasteiger partial charge < -0.3 is 24.3 Å². The number of fused-ring (bicyclic) bond motifs is 1. The first-order valence-electron chi connectivity index (χ1n) is 12.5. The molecule has 206 valence electrons. The zero-order valence-corrected chi connectivity index (χ0v) is 23.5. The molecule has 1 atom stereocenters. The predicted molar refractivity (Wildman–Crippen MR) is 144 cm³/mol. The molecule has 2 N–H and O–H groups in total. The Labute approximate surface area is 223 Å². The van der Waals surface area contributed by atoms with Crippen LogP contribution in [0.5, 0.6) is 5.75 Å². The quantitative estimate of drug-likeness (QED) is 0.386. The lowest BCUT2D eigenvalue weighted by Crippen LogP contribution is -2.52. The van der Waals surface area contributed by atoms with Gasteiger partial charge in [-0.1, -0.05) is 23.7 Å². The van der Waals surface area contributed by atoms with Gasteiger partial charge in [0.05, 0.1) is 16.8 Å². The van der Waals surface area contributed by atoms with Crippen LogP contribution in [0.15, 0.2) is 18.2 Å². The Kier molecular flexibility index (Phi) is 10.2. The van der Waals surface area contributed by atoms with Crippen molar-refractivity contribution in [3.63, 3.8) is 0 Å². The van der Waals surface area contributed by atoms with Crippen LogP contribution in [-0.2, 0) is 26.1 Å². The van der Waals surface area contributed by atoms with Gasteiger partial charge in [-0.25, -0.2) is 8.42 Å². The number of hydrogen-bond donors (Lipinski definition) is 2. The van der Waals surface area contributed by atoms with Crippen molar-refractivity contribution in [2.45, 2.75) is 58.2 Å². The van der Waals surface area contributed by atoms with E-state index in [1.807, 2.05) is 34.1 Å². The average Bonchev–Trinajstić information content (AvgIpc) is 3.12. The number of para-hydroxylation sites is 1. The summed E-state index contributed by atoms with van der Waals surface area (Å²) in [5, 5.41) is 4.34. The lowest BCUT2D eigenvalue weighted by Gasteiger charge is -2.38. The van der Waals surface area contributed by atoms with E-state index in [-0.39, 0.29) is 18.0 Å². The third kappa shape index (κ3) is 7.37. The number of halogens is 1. The molecular formula is C25H37ClN4O6S. The number of benzene rings is 1. The summed E-state index contributed by atoms with van der Waals surface area (Å²) in [7, 11) is -2.07. The highest BCUT2D eigenvalue weighted by Gasteiger charge is 2.33. The van der Waals surface area contributed by atoms with E-state index < -0.39 is 22.5 Å². The van der Waals surface area contributed by atoms with E-state index >= 15 is 0 Å². The molecule has 2 aromatic rings. The second kappa shape index (κ2) is 12.9. The third-order valence-electron chi connectivity index (χ3n) is 6.28. The second-order valence-electron chi connectivity index (χ2n) is 9.56. The van der Waals surface area contributed by atoms with E-state index in [9.17, 15) is 18.0 Å². The van der Waals surface area contributed by atoms with Crippen molar-refractivity contribution in [2.24, 2.45) is 0 Å². The number of carbonyl (C=O) groups is 2. The first-order valence-corrected chi connectivity index (χ1v) is 14.8. The van der Waals surface area contributed by atoms with Gasteiger partial charge in [-0.15, -0.1) is 0 Å². The number of hydrogen-bond acceptors (Lipinski definition) is 7. The molecule has 0 radical (unpaired) electrons.